The van der Waals surface area contributed by atoms with Crippen LogP contribution in [0.25, 0.3) is 0 Å². The highest BCUT2D eigenvalue weighted by Gasteiger charge is 2.26. The van der Waals surface area contributed by atoms with E-state index in [2.05, 4.69) is 0 Å². The standard InChI is InChI=1S/C34H26O4/c35-33(37-31(25-15-5-1-6-16-25)26-17-7-2-8-18-26)29-23-13-14-24-30(29)34(36)38-32(27-19-9-3-10-20-27)28-21-11-4-12-22-28/h1-24,31-32H. The molecule has 0 saturated heterocycles. The Hall–Kier alpha value is -4.96. The van der Waals surface area contributed by atoms with Crippen molar-refractivity contribution in [3.8, 4) is 0 Å². The number of rotatable bonds is 8. The minimum Gasteiger partial charge on any atom is -0.449 e. The van der Waals surface area contributed by atoms with Crippen molar-refractivity contribution in [2.45, 2.75) is 12.2 Å². The highest BCUT2D eigenvalue weighted by Crippen LogP contribution is 2.30. The molecule has 5 aromatic carbocycles. The second-order valence-corrected chi connectivity index (χ2v) is 8.76. The second-order valence-electron chi connectivity index (χ2n) is 8.76. The van der Waals surface area contributed by atoms with Crippen LogP contribution in [0, 0.1) is 0 Å². The lowest BCUT2D eigenvalue weighted by atomic mass is 10.0. The van der Waals surface area contributed by atoms with Crippen LogP contribution >= 0.6 is 0 Å². The zero-order valence-corrected chi connectivity index (χ0v) is 20.6. The fourth-order valence-electron chi connectivity index (χ4n) is 4.35. The van der Waals surface area contributed by atoms with Crippen molar-refractivity contribution in [2.24, 2.45) is 0 Å². The lowest BCUT2D eigenvalue weighted by Crippen LogP contribution is -2.19. The Labute approximate surface area is 222 Å². The van der Waals surface area contributed by atoms with Gasteiger partial charge in [-0.15, -0.1) is 0 Å². The molecule has 0 amide bonds. The van der Waals surface area contributed by atoms with Gasteiger partial charge in [-0.25, -0.2) is 9.59 Å². The summed E-state index contributed by atoms with van der Waals surface area (Å²) in [6, 6.07) is 44.7. The van der Waals surface area contributed by atoms with Crippen LogP contribution in [0.15, 0.2) is 146 Å². The van der Waals surface area contributed by atoms with Crippen LogP contribution in [0.1, 0.15) is 55.2 Å². The zero-order chi connectivity index (χ0) is 26.2. The van der Waals surface area contributed by atoms with Gasteiger partial charge in [-0.05, 0) is 34.4 Å². The quantitative estimate of drug-likeness (QED) is 0.207. The van der Waals surface area contributed by atoms with Crippen LogP contribution < -0.4 is 0 Å². The summed E-state index contributed by atoms with van der Waals surface area (Å²) in [5.41, 5.74) is 3.63. The molecule has 4 heteroatoms. The van der Waals surface area contributed by atoms with Gasteiger partial charge in [0.2, 0.25) is 0 Å². The summed E-state index contributed by atoms with van der Waals surface area (Å²) in [4.78, 5) is 27.0. The number of hydrogen-bond acceptors (Lipinski definition) is 4. The number of carbonyl (C=O) groups excluding carboxylic acids is 2. The van der Waals surface area contributed by atoms with E-state index in [0.717, 1.165) is 22.3 Å². The largest absolute Gasteiger partial charge is 0.449 e. The Bertz CT molecular complexity index is 1290. The van der Waals surface area contributed by atoms with E-state index in [4.69, 9.17) is 9.47 Å². The first-order valence-corrected chi connectivity index (χ1v) is 12.4. The molecule has 0 aliphatic rings. The molecule has 0 bridgehead atoms. The summed E-state index contributed by atoms with van der Waals surface area (Å²) < 4.78 is 12.1. The van der Waals surface area contributed by atoms with Crippen molar-refractivity contribution in [3.63, 3.8) is 0 Å². The Morgan fingerprint density at radius 1 is 0.368 bits per heavy atom. The topological polar surface area (TPSA) is 52.6 Å². The zero-order valence-electron chi connectivity index (χ0n) is 20.6. The smallest absolute Gasteiger partial charge is 0.339 e. The summed E-state index contributed by atoms with van der Waals surface area (Å²) in [6.45, 7) is 0. The molecule has 0 unspecified atom stereocenters. The third-order valence-corrected chi connectivity index (χ3v) is 6.23. The van der Waals surface area contributed by atoms with Gasteiger partial charge in [0, 0.05) is 0 Å². The van der Waals surface area contributed by atoms with Gasteiger partial charge >= 0.3 is 11.9 Å². The maximum Gasteiger partial charge on any atom is 0.339 e. The van der Waals surface area contributed by atoms with E-state index in [1.165, 1.54) is 0 Å². The molecule has 5 aromatic rings. The van der Waals surface area contributed by atoms with E-state index >= 15 is 0 Å². The molecule has 0 aliphatic heterocycles. The first kappa shape index (κ1) is 24.7. The van der Waals surface area contributed by atoms with Crippen LogP contribution in [0.2, 0.25) is 0 Å². The maximum absolute atomic E-state index is 13.5. The van der Waals surface area contributed by atoms with E-state index in [1.54, 1.807) is 24.3 Å². The molecule has 0 fully saturated rings. The first-order chi connectivity index (χ1) is 18.7. The van der Waals surface area contributed by atoms with Gasteiger partial charge in [0.15, 0.2) is 12.2 Å². The normalized spacial score (nSPS) is 10.8. The van der Waals surface area contributed by atoms with Crippen LogP contribution in [0.3, 0.4) is 0 Å². The molecule has 186 valence electrons. The molecular weight excluding hydrogens is 472 g/mol. The van der Waals surface area contributed by atoms with Crippen LogP contribution in [0.4, 0.5) is 0 Å². The average molecular weight is 499 g/mol. The van der Waals surface area contributed by atoms with Gasteiger partial charge in [0.1, 0.15) is 0 Å². The summed E-state index contributed by atoms with van der Waals surface area (Å²) in [7, 11) is 0. The SMILES string of the molecule is O=C(OC(c1ccccc1)c1ccccc1)c1ccccc1C(=O)OC(c1ccccc1)c1ccccc1. The van der Waals surface area contributed by atoms with E-state index < -0.39 is 24.1 Å². The van der Waals surface area contributed by atoms with Crippen LogP contribution in [-0.4, -0.2) is 11.9 Å². The van der Waals surface area contributed by atoms with Gasteiger partial charge in [0.25, 0.3) is 0 Å². The van der Waals surface area contributed by atoms with Gasteiger partial charge in [-0.3, -0.25) is 0 Å². The Balaban J connectivity index is 1.44. The Morgan fingerprint density at radius 3 is 0.868 bits per heavy atom. The number of esters is 2. The molecule has 38 heavy (non-hydrogen) atoms. The molecule has 0 aromatic heterocycles. The molecule has 4 nitrogen and oxygen atoms in total. The molecule has 0 saturated carbocycles. The predicted octanol–water partition coefficient (Wildman–Crippen LogP) is 7.58. The van der Waals surface area contributed by atoms with Crippen molar-refractivity contribution in [2.75, 3.05) is 0 Å². The Kier molecular flexibility index (Phi) is 7.71. The summed E-state index contributed by atoms with van der Waals surface area (Å²) in [5.74, 6) is -1.21. The summed E-state index contributed by atoms with van der Waals surface area (Å²) >= 11 is 0. The number of benzene rings is 5. The van der Waals surface area contributed by atoms with Crippen molar-refractivity contribution < 1.29 is 19.1 Å². The lowest BCUT2D eigenvalue weighted by molar-refractivity contribution is 0.0330. The van der Waals surface area contributed by atoms with Crippen molar-refractivity contribution >= 4 is 11.9 Å². The molecule has 0 aliphatic carbocycles. The van der Waals surface area contributed by atoms with E-state index in [1.807, 2.05) is 121 Å². The maximum atomic E-state index is 13.5. The third kappa shape index (κ3) is 5.71. The van der Waals surface area contributed by atoms with E-state index in [9.17, 15) is 9.59 Å². The monoisotopic (exact) mass is 498 g/mol. The summed E-state index contributed by atoms with van der Waals surface area (Å²) in [5, 5.41) is 0. The van der Waals surface area contributed by atoms with Crippen LogP contribution in [-0.2, 0) is 9.47 Å². The molecule has 0 radical (unpaired) electrons. The third-order valence-electron chi connectivity index (χ3n) is 6.23. The molecule has 5 rings (SSSR count). The van der Waals surface area contributed by atoms with Crippen molar-refractivity contribution in [1.29, 1.82) is 0 Å². The molecule has 0 atom stereocenters. The average Bonchev–Trinajstić information content (AvgIpc) is 3.00. The highest BCUT2D eigenvalue weighted by molar-refractivity contribution is 6.03. The number of hydrogen-bond donors (Lipinski definition) is 0. The van der Waals surface area contributed by atoms with Gasteiger partial charge in [-0.1, -0.05) is 133 Å². The number of carbonyl (C=O) groups is 2. The minimum atomic E-state index is -0.629. The second kappa shape index (κ2) is 11.8. The van der Waals surface area contributed by atoms with E-state index in [-0.39, 0.29) is 11.1 Å². The molecule has 0 N–H and O–H groups in total. The van der Waals surface area contributed by atoms with Gasteiger partial charge in [0.05, 0.1) is 11.1 Å². The Morgan fingerprint density at radius 2 is 0.605 bits per heavy atom. The number of ether oxygens (including phenoxy) is 2. The minimum absolute atomic E-state index is 0.147. The molecule has 0 spiro atoms. The van der Waals surface area contributed by atoms with Gasteiger partial charge < -0.3 is 9.47 Å². The highest BCUT2D eigenvalue weighted by atomic mass is 16.6. The van der Waals surface area contributed by atoms with Crippen LogP contribution in [0.5, 0.6) is 0 Å². The molecular formula is C34H26O4. The fraction of sp³-hybridized carbons (Fsp3) is 0.0588. The summed E-state index contributed by atoms with van der Waals surface area (Å²) in [6.07, 6.45) is -1.26. The van der Waals surface area contributed by atoms with Crippen molar-refractivity contribution in [1.82, 2.24) is 0 Å². The van der Waals surface area contributed by atoms with Gasteiger partial charge in [-0.2, -0.15) is 0 Å². The van der Waals surface area contributed by atoms with Crippen molar-refractivity contribution in [3.05, 3.63) is 179 Å². The lowest BCUT2D eigenvalue weighted by Gasteiger charge is -2.21. The predicted molar refractivity (Wildman–Crippen MR) is 147 cm³/mol. The fourth-order valence-corrected chi connectivity index (χ4v) is 4.35. The first-order valence-electron chi connectivity index (χ1n) is 12.4. The molecule has 0 heterocycles. The van der Waals surface area contributed by atoms with E-state index in [0.29, 0.717) is 0 Å².